The summed E-state index contributed by atoms with van der Waals surface area (Å²) < 4.78 is 31.9. The Kier molecular flexibility index (Phi) is 5.53. The van der Waals surface area contributed by atoms with Crippen LogP contribution in [0.5, 0.6) is 0 Å². The highest BCUT2D eigenvalue weighted by Crippen LogP contribution is 2.24. The molecule has 1 aliphatic rings. The summed E-state index contributed by atoms with van der Waals surface area (Å²) in [6, 6.07) is 10.3. The van der Waals surface area contributed by atoms with Gasteiger partial charge >= 0.3 is 0 Å². The summed E-state index contributed by atoms with van der Waals surface area (Å²) in [4.78, 5) is 12.5. The average Bonchev–Trinajstić information content (AvgIpc) is 3.15. The van der Waals surface area contributed by atoms with Crippen LogP contribution in [0.2, 0.25) is 0 Å². The highest BCUT2D eigenvalue weighted by Gasteiger charge is 2.31. The van der Waals surface area contributed by atoms with Crippen LogP contribution in [0.25, 0.3) is 0 Å². The number of sulfonamides is 1. The van der Waals surface area contributed by atoms with Gasteiger partial charge in [-0.15, -0.1) is 0 Å². The maximum absolute atomic E-state index is 12.7. The minimum absolute atomic E-state index is 0.208. The van der Waals surface area contributed by atoms with E-state index in [4.69, 9.17) is 4.42 Å². The van der Waals surface area contributed by atoms with Gasteiger partial charge in [0.05, 0.1) is 17.4 Å². The van der Waals surface area contributed by atoms with Crippen LogP contribution in [-0.2, 0) is 14.8 Å². The molecule has 2 heterocycles. The highest BCUT2D eigenvalue weighted by atomic mass is 32.2. The molecular weight excluding hydrogens is 354 g/mol. The van der Waals surface area contributed by atoms with Gasteiger partial charge in [-0.3, -0.25) is 4.79 Å². The third kappa shape index (κ3) is 4.20. The average molecular weight is 375 g/mol. The molecule has 1 fully saturated rings. The number of furan rings is 1. The van der Waals surface area contributed by atoms with Gasteiger partial charge in [0.1, 0.15) is 5.76 Å². The van der Waals surface area contributed by atoms with E-state index in [1.807, 2.05) is 6.92 Å². The van der Waals surface area contributed by atoms with E-state index in [0.717, 1.165) is 5.56 Å². The second-order valence-electron chi connectivity index (χ2n) is 6.24. The molecule has 0 radical (unpaired) electrons. The largest absolute Gasteiger partial charge is 0.463 e. The lowest BCUT2D eigenvalue weighted by Gasteiger charge is -2.30. The van der Waals surface area contributed by atoms with Gasteiger partial charge in [0, 0.05) is 19.0 Å². The second kappa shape index (κ2) is 7.84. The molecule has 0 spiro atoms. The van der Waals surface area contributed by atoms with E-state index >= 15 is 0 Å². The van der Waals surface area contributed by atoms with Crippen molar-refractivity contribution in [1.82, 2.24) is 9.73 Å². The SMILES string of the molecule is Cc1ccc(S(=O)(=O)N2CCC(C(=O)N/N=C\c3ccco3)CC2)cc1. The van der Waals surface area contributed by atoms with E-state index < -0.39 is 10.0 Å². The summed E-state index contributed by atoms with van der Waals surface area (Å²) in [6.07, 6.45) is 3.88. The molecule has 1 aromatic carbocycles. The molecule has 2 aromatic rings. The molecule has 138 valence electrons. The number of nitrogens with one attached hydrogen (secondary N) is 1. The fourth-order valence-corrected chi connectivity index (χ4v) is 4.30. The molecule has 3 rings (SSSR count). The number of aryl methyl sites for hydroxylation is 1. The van der Waals surface area contributed by atoms with Crippen LogP contribution in [0, 0.1) is 12.8 Å². The van der Waals surface area contributed by atoms with Crippen LogP contribution >= 0.6 is 0 Å². The van der Waals surface area contributed by atoms with Crippen molar-refractivity contribution in [2.45, 2.75) is 24.7 Å². The van der Waals surface area contributed by atoms with Crippen LogP contribution in [0.3, 0.4) is 0 Å². The summed E-state index contributed by atoms with van der Waals surface area (Å²) in [7, 11) is -3.51. The molecule has 1 amide bonds. The first-order valence-corrected chi connectivity index (χ1v) is 9.84. The number of hydrazone groups is 1. The molecule has 26 heavy (non-hydrogen) atoms. The Morgan fingerprint density at radius 1 is 1.23 bits per heavy atom. The lowest BCUT2D eigenvalue weighted by molar-refractivity contribution is -0.126. The molecule has 0 aliphatic carbocycles. The van der Waals surface area contributed by atoms with Crippen molar-refractivity contribution >= 4 is 22.1 Å². The Morgan fingerprint density at radius 2 is 1.92 bits per heavy atom. The van der Waals surface area contributed by atoms with E-state index in [0.29, 0.717) is 31.7 Å². The fraction of sp³-hybridized carbons (Fsp3) is 0.333. The number of hydrogen-bond acceptors (Lipinski definition) is 5. The van der Waals surface area contributed by atoms with E-state index in [9.17, 15) is 13.2 Å². The van der Waals surface area contributed by atoms with Crippen molar-refractivity contribution in [2.24, 2.45) is 11.0 Å². The zero-order valence-electron chi connectivity index (χ0n) is 14.5. The fourth-order valence-electron chi connectivity index (χ4n) is 2.83. The summed E-state index contributed by atoms with van der Waals surface area (Å²) in [5.74, 6) is 0.0812. The van der Waals surface area contributed by atoms with Crippen molar-refractivity contribution < 1.29 is 17.6 Å². The third-order valence-electron chi connectivity index (χ3n) is 4.39. The number of hydrogen-bond donors (Lipinski definition) is 1. The van der Waals surface area contributed by atoms with Crippen molar-refractivity contribution in [3.05, 3.63) is 54.0 Å². The van der Waals surface area contributed by atoms with Crippen LogP contribution < -0.4 is 5.43 Å². The van der Waals surface area contributed by atoms with Gasteiger partial charge < -0.3 is 4.42 Å². The second-order valence-corrected chi connectivity index (χ2v) is 8.18. The topological polar surface area (TPSA) is 92.0 Å². The van der Waals surface area contributed by atoms with Crippen molar-refractivity contribution in [2.75, 3.05) is 13.1 Å². The van der Waals surface area contributed by atoms with Crippen LogP contribution in [-0.4, -0.2) is 37.9 Å². The zero-order chi connectivity index (χ0) is 18.6. The number of nitrogens with zero attached hydrogens (tertiary/aromatic N) is 2. The molecule has 0 saturated carbocycles. The number of piperidine rings is 1. The first-order chi connectivity index (χ1) is 12.5. The maximum Gasteiger partial charge on any atom is 0.243 e. The normalized spacial score (nSPS) is 16.8. The van der Waals surface area contributed by atoms with Gasteiger partial charge in [-0.2, -0.15) is 9.41 Å². The van der Waals surface area contributed by atoms with Gasteiger partial charge in [0.15, 0.2) is 0 Å². The van der Waals surface area contributed by atoms with Crippen molar-refractivity contribution in [1.29, 1.82) is 0 Å². The van der Waals surface area contributed by atoms with Gasteiger partial charge in [-0.1, -0.05) is 17.7 Å². The summed E-state index contributed by atoms with van der Waals surface area (Å²) in [5, 5.41) is 3.86. The van der Waals surface area contributed by atoms with Gasteiger partial charge in [-0.25, -0.2) is 13.8 Å². The molecule has 7 nitrogen and oxygen atoms in total. The highest BCUT2D eigenvalue weighted by molar-refractivity contribution is 7.89. The molecule has 1 saturated heterocycles. The van der Waals surface area contributed by atoms with Gasteiger partial charge in [0.25, 0.3) is 0 Å². The summed E-state index contributed by atoms with van der Waals surface area (Å²) in [6.45, 7) is 2.54. The number of carbonyl (C=O) groups is 1. The van der Waals surface area contributed by atoms with Gasteiger partial charge in [-0.05, 0) is 44.0 Å². The standard InChI is InChI=1S/C18H21N3O4S/c1-14-4-6-17(7-5-14)26(23,24)21-10-8-15(9-11-21)18(22)20-19-13-16-3-2-12-25-16/h2-7,12-13,15H,8-11H2,1H3,(H,20,22)/b19-13-. The Morgan fingerprint density at radius 3 is 2.54 bits per heavy atom. The lowest BCUT2D eigenvalue weighted by atomic mass is 9.98. The Bertz CT molecular complexity index is 866. The van der Waals surface area contributed by atoms with Gasteiger partial charge in [0.2, 0.25) is 15.9 Å². The molecule has 1 N–H and O–H groups in total. The van der Waals surface area contributed by atoms with Crippen LogP contribution in [0.1, 0.15) is 24.2 Å². The molecule has 0 bridgehead atoms. The molecule has 8 heteroatoms. The molecule has 1 aliphatic heterocycles. The van der Waals surface area contributed by atoms with E-state index in [2.05, 4.69) is 10.5 Å². The minimum atomic E-state index is -3.51. The van der Waals surface area contributed by atoms with E-state index in [-0.39, 0.29) is 16.7 Å². The number of benzene rings is 1. The maximum atomic E-state index is 12.7. The van der Waals surface area contributed by atoms with Crippen molar-refractivity contribution in [3.63, 3.8) is 0 Å². The predicted molar refractivity (Wildman–Crippen MR) is 97.1 cm³/mol. The quantitative estimate of drug-likeness (QED) is 0.640. The Labute approximate surface area is 152 Å². The number of rotatable bonds is 5. The van der Waals surface area contributed by atoms with Crippen LogP contribution in [0.4, 0.5) is 0 Å². The van der Waals surface area contributed by atoms with Crippen molar-refractivity contribution in [3.8, 4) is 0 Å². The first-order valence-electron chi connectivity index (χ1n) is 8.40. The van der Waals surface area contributed by atoms with Crippen LogP contribution in [0.15, 0.2) is 57.1 Å². The summed E-state index contributed by atoms with van der Waals surface area (Å²) >= 11 is 0. The molecule has 0 unspecified atom stereocenters. The van der Waals surface area contributed by atoms with E-state index in [1.54, 1.807) is 36.4 Å². The predicted octanol–water partition coefficient (Wildman–Crippen LogP) is 2.14. The minimum Gasteiger partial charge on any atom is -0.463 e. The monoisotopic (exact) mass is 375 g/mol. The van der Waals surface area contributed by atoms with E-state index in [1.165, 1.54) is 16.8 Å². The molecule has 1 aromatic heterocycles. The first kappa shape index (κ1) is 18.3. The Hall–Kier alpha value is -2.45. The lowest BCUT2D eigenvalue weighted by Crippen LogP contribution is -2.42. The molecule has 0 atom stereocenters. The smallest absolute Gasteiger partial charge is 0.243 e. The summed E-state index contributed by atoms with van der Waals surface area (Å²) in [5.41, 5.74) is 3.49. The zero-order valence-corrected chi connectivity index (χ0v) is 15.3. The number of carbonyl (C=O) groups excluding carboxylic acids is 1. The third-order valence-corrected chi connectivity index (χ3v) is 6.31. The Balaban J connectivity index is 1.55. The molecular formula is C18H21N3O4S. The number of amides is 1.